The van der Waals surface area contributed by atoms with E-state index in [0.717, 1.165) is 11.3 Å². The minimum absolute atomic E-state index is 0.111. The van der Waals surface area contributed by atoms with Gasteiger partial charge in [-0.25, -0.2) is 0 Å². The quantitative estimate of drug-likeness (QED) is 0.609. The molecule has 5 heteroatoms. The van der Waals surface area contributed by atoms with Crippen LogP contribution in [0.15, 0.2) is 42.7 Å². The third-order valence-electron chi connectivity index (χ3n) is 2.65. The van der Waals surface area contributed by atoms with Gasteiger partial charge in [-0.2, -0.15) is 5.10 Å². The second-order valence-electron chi connectivity index (χ2n) is 4.26. The molecular formula is C15H16N4O. The lowest BCUT2D eigenvalue weighted by Crippen LogP contribution is -2.28. The number of carbonyl (C=O) groups excluding carboxylic acids is 1. The number of benzene rings is 1. The van der Waals surface area contributed by atoms with Gasteiger partial charge in [-0.15, -0.1) is 6.42 Å². The zero-order chi connectivity index (χ0) is 14.2. The molecule has 2 rings (SSSR count). The summed E-state index contributed by atoms with van der Waals surface area (Å²) < 4.78 is 1.84. The molecule has 0 aliphatic heterocycles. The zero-order valence-corrected chi connectivity index (χ0v) is 11.0. The first-order chi connectivity index (χ1) is 9.78. The molecule has 1 amide bonds. The Bertz CT molecular complexity index is 581. The van der Waals surface area contributed by atoms with Crippen molar-refractivity contribution in [3.8, 4) is 12.3 Å². The van der Waals surface area contributed by atoms with Crippen LogP contribution >= 0.6 is 0 Å². The normalized spacial score (nSPS) is 9.95. The minimum atomic E-state index is -0.111. The Morgan fingerprint density at radius 1 is 1.35 bits per heavy atom. The van der Waals surface area contributed by atoms with Gasteiger partial charge in [-0.3, -0.25) is 14.8 Å². The molecule has 5 nitrogen and oxygen atoms in total. The van der Waals surface area contributed by atoms with Crippen LogP contribution in [-0.2, 0) is 11.3 Å². The van der Waals surface area contributed by atoms with E-state index >= 15 is 0 Å². The van der Waals surface area contributed by atoms with Gasteiger partial charge in [0.05, 0.1) is 19.6 Å². The van der Waals surface area contributed by atoms with Crippen molar-refractivity contribution in [3.63, 3.8) is 0 Å². The zero-order valence-electron chi connectivity index (χ0n) is 11.0. The van der Waals surface area contributed by atoms with Crippen LogP contribution in [0.2, 0.25) is 0 Å². The first-order valence-corrected chi connectivity index (χ1v) is 6.28. The predicted molar refractivity (Wildman–Crippen MR) is 78.1 cm³/mol. The van der Waals surface area contributed by atoms with Gasteiger partial charge in [-0.1, -0.05) is 18.1 Å². The van der Waals surface area contributed by atoms with Gasteiger partial charge in [0.15, 0.2) is 0 Å². The summed E-state index contributed by atoms with van der Waals surface area (Å²) in [5, 5.41) is 9.78. The fourth-order valence-electron chi connectivity index (χ4n) is 1.73. The van der Waals surface area contributed by atoms with E-state index in [0.29, 0.717) is 13.1 Å². The Morgan fingerprint density at radius 3 is 2.80 bits per heavy atom. The molecule has 2 N–H and O–H groups in total. The predicted octanol–water partition coefficient (Wildman–Crippen LogP) is 1.09. The number of anilines is 1. The Labute approximate surface area is 118 Å². The second kappa shape index (κ2) is 7.12. The molecule has 0 radical (unpaired) electrons. The van der Waals surface area contributed by atoms with Crippen molar-refractivity contribution in [2.75, 3.05) is 18.4 Å². The third kappa shape index (κ3) is 4.26. The number of terminal acetylenes is 1. The molecule has 1 aromatic heterocycles. The van der Waals surface area contributed by atoms with Crippen LogP contribution in [0.4, 0.5) is 5.69 Å². The highest BCUT2D eigenvalue weighted by atomic mass is 16.1. The van der Waals surface area contributed by atoms with E-state index in [1.165, 1.54) is 0 Å². The molecule has 1 aromatic carbocycles. The molecule has 0 saturated heterocycles. The fraction of sp³-hybridized carbons (Fsp3) is 0.200. The van der Waals surface area contributed by atoms with E-state index in [1.807, 2.05) is 41.2 Å². The average molecular weight is 268 g/mol. The lowest BCUT2D eigenvalue weighted by atomic mass is 10.2. The molecule has 0 aliphatic carbocycles. The van der Waals surface area contributed by atoms with Crippen LogP contribution in [0.25, 0.3) is 0 Å². The Morgan fingerprint density at radius 2 is 2.15 bits per heavy atom. The van der Waals surface area contributed by atoms with Crippen LogP contribution in [0.3, 0.4) is 0 Å². The minimum Gasteiger partial charge on any atom is -0.325 e. The SMILES string of the molecule is C#CCNCC(=O)Nc1ccc(Cn2cccn2)cc1. The fourth-order valence-corrected chi connectivity index (χ4v) is 1.73. The summed E-state index contributed by atoms with van der Waals surface area (Å²) in [6.07, 6.45) is 8.75. The summed E-state index contributed by atoms with van der Waals surface area (Å²) in [6.45, 7) is 1.31. The first-order valence-electron chi connectivity index (χ1n) is 6.28. The van der Waals surface area contributed by atoms with Crippen LogP contribution in [-0.4, -0.2) is 28.8 Å². The average Bonchev–Trinajstić information content (AvgIpc) is 2.94. The number of aromatic nitrogens is 2. The summed E-state index contributed by atoms with van der Waals surface area (Å²) >= 11 is 0. The summed E-state index contributed by atoms with van der Waals surface area (Å²) in [6, 6.07) is 9.56. The number of amides is 1. The summed E-state index contributed by atoms with van der Waals surface area (Å²) in [4.78, 5) is 11.6. The number of rotatable bonds is 6. The highest BCUT2D eigenvalue weighted by Crippen LogP contribution is 2.10. The van der Waals surface area contributed by atoms with E-state index in [-0.39, 0.29) is 12.5 Å². The van der Waals surface area contributed by atoms with Gasteiger partial charge in [0, 0.05) is 18.1 Å². The molecule has 0 saturated carbocycles. The van der Waals surface area contributed by atoms with Gasteiger partial charge in [0.2, 0.25) is 5.91 Å². The largest absolute Gasteiger partial charge is 0.325 e. The van der Waals surface area contributed by atoms with E-state index in [1.54, 1.807) is 6.20 Å². The third-order valence-corrected chi connectivity index (χ3v) is 2.65. The molecule has 0 fully saturated rings. The number of carbonyl (C=O) groups is 1. The van der Waals surface area contributed by atoms with E-state index in [9.17, 15) is 4.79 Å². The summed E-state index contributed by atoms with van der Waals surface area (Å²) in [5.74, 6) is 2.30. The lowest BCUT2D eigenvalue weighted by molar-refractivity contribution is -0.115. The Hall–Kier alpha value is -2.58. The van der Waals surface area contributed by atoms with Crippen LogP contribution < -0.4 is 10.6 Å². The van der Waals surface area contributed by atoms with E-state index < -0.39 is 0 Å². The van der Waals surface area contributed by atoms with Crippen molar-refractivity contribution < 1.29 is 4.79 Å². The van der Waals surface area contributed by atoms with Crippen LogP contribution in [0.1, 0.15) is 5.56 Å². The molecule has 2 aromatic rings. The maximum Gasteiger partial charge on any atom is 0.238 e. The van der Waals surface area contributed by atoms with E-state index in [4.69, 9.17) is 6.42 Å². The first kappa shape index (κ1) is 13.8. The van der Waals surface area contributed by atoms with Gasteiger partial charge in [0.1, 0.15) is 0 Å². The Balaban J connectivity index is 1.85. The maximum absolute atomic E-state index is 11.6. The van der Waals surface area contributed by atoms with Crippen molar-refractivity contribution in [1.29, 1.82) is 0 Å². The number of hydrogen-bond acceptors (Lipinski definition) is 3. The topological polar surface area (TPSA) is 59.0 Å². The van der Waals surface area contributed by atoms with Gasteiger partial charge in [0.25, 0.3) is 0 Å². The van der Waals surface area contributed by atoms with Crippen molar-refractivity contribution >= 4 is 11.6 Å². The highest BCUT2D eigenvalue weighted by molar-refractivity contribution is 5.92. The molecule has 0 aliphatic rings. The summed E-state index contributed by atoms with van der Waals surface area (Å²) in [5.41, 5.74) is 1.89. The lowest BCUT2D eigenvalue weighted by Gasteiger charge is -2.07. The number of hydrogen-bond donors (Lipinski definition) is 2. The van der Waals surface area contributed by atoms with Gasteiger partial charge in [-0.05, 0) is 23.8 Å². The molecule has 0 spiro atoms. The van der Waals surface area contributed by atoms with E-state index in [2.05, 4.69) is 21.7 Å². The molecule has 0 unspecified atom stereocenters. The molecular weight excluding hydrogens is 252 g/mol. The summed E-state index contributed by atoms with van der Waals surface area (Å²) in [7, 11) is 0. The molecule has 0 atom stereocenters. The molecule has 20 heavy (non-hydrogen) atoms. The smallest absolute Gasteiger partial charge is 0.238 e. The van der Waals surface area contributed by atoms with Crippen molar-refractivity contribution in [2.24, 2.45) is 0 Å². The van der Waals surface area contributed by atoms with Crippen molar-refractivity contribution in [3.05, 3.63) is 48.3 Å². The number of nitrogens with one attached hydrogen (secondary N) is 2. The molecule has 0 bridgehead atoms. The van der Waals surface area contributed by atoms with Crippen molar-refractivity contribution in [1.82, 2.24) is 15.1 Å². The second-order valence-corrected chi connectivity index (χ2v) is 4.26. The van der Waals surface area contributed by atoms with Crippen molar-refractivity contribution in [2.45, 2.75) is 6.54 Å². The monoisotopic (exact) mass is 268 g/mol. The number of nitrogens with zero attached hydrogens (tertiary/aromatic N) is 2. The Kier molecular flexibility index (Phi) is 4.93. The molecule has 1 heterocycles. The van der Waals surface area contributed by atoms with Crippen LogP contribution in [0, 0.1) is 12.3 Å². The van der Waals surface area contributed by atoms with Crippen LogP contribution in [0.5, 0.6) is 0 Å². The van der Waals surface area contributed by atoms with Gasteiger partial charge < -0.3 is 5.32 Å². The molecule has 102 valence electrons. The maximum atomic E-state index is 11.6. The van der Waals surface area contributed by atoms with Gasteiger partial charge >= 0.3 is 0 Å². The highest BCUT2D eigenvalue weighted by Gasteiger charge is 2.01. The standard InChI is InChI=1S/C15H16N4O/c1-2-8-16-11-15(20)18-14-6-4-13(5-7-14)12-19-10-3-9-17-19/h1,3-7,9-10,16H,8,11-12H2,(H,18,20).